The molecule has 10 heteroatoms. The van der Waals surface area contributed by atoms with E-state index in [2.05, 4.69) is 35.4 Å². The maximum Gasteiger partial charge on any atom is 0.281 e. The van der Waals surface area contributed by atoms with Gasteiger partial charge >= 0.3 is 0 Å². The second-order valence-electron chi connectivity index (χ2n) is 10.1. The van der Waals surface area contributed by atoms with Crippen molar-refractivity contribution in [1.29, 1.82) is 0 Å². The molecule has 1 saturated heterocycles. The summed E-state index contributed by atoms with van der Waals surface area (Å²) < 4.78 is 33.7. The zero-order valence-electron chi connectivity index (χ0n) is 21.8. The fourth-order valence-electron chi connectivity index (χ4n) is 4.91. The molecule has 1 aliphatic heterocycles. The number of sulfonamides is 1. The normalized spacial score (nSPS) is 17.0. The van der Waals surface area contributed by atoms with E-state index >= 15 is 0 Å². The van der Waals surface area contributed by atoms with Gasteiger partial charge in [0.25, 0.3) is 15.9 Å². The van der Waals surface area contributed by atoms with Crippen molar-refractivity contribution >= 4 is 27.6 Å². The van der Waals surface area contributed by atoms with Crippen LogP contribution in [0.3, 0.4) is 0 Å². The van der Waals surface area contributed by atoms with Crippen LogP contribution in [0.5, 0.6) is 5.75 Å². The van der Waals surface area contributed by atoms with E-state index in [9.17, 15) is 13.2 Å². The van der Waals surface area contributed by atoms with Gasteiger partial charge in [0.2, 0.25) is 0 Å². The molecule has 2 aromatic heterocycles. The van der Waals surface area contributed by atoms with Gasteiger partial charge in [-0.3, -0.25) is 4.79 Å². The Morgan fingerprint density at radius 2 is 1.97 bits per heavy atom. The van der Waals surface area contributed by atoms with Crippen LogP contribution < -0.4 is 20.1 Å². The van der Waals surface area contributed by atoms with Crippen LogP contribution >= 0.6 is 0 Å². The highest BCUT2D eigenvalue weighted by Gasteiger charge is 2.39. The Hall–Kier alpha value is -3.66. The second kappa shape index (κ2) is 10.0. The molecule has 3 aromatic rings. The number of nitrogens with two attached hydrogens (primary N) is 1. The molecule has 0 bridgehead atoms. The lowest BCUT2D eigenvalue weighted by Gasteiger charge is -2.34. The molecule has 9 nitrogen and oxygen atoms in total. The molecule has 0 radical (unpaired) electrons. The van der Waals surface area contributed by atoms with E-state index in [1.165, 1.54) is 18.2 Å². The van der Waals surface area contributed by atoms with Gasteiger partial charge in [-0.1, -0.05) is 13.0 Å². The Bertz CT molecular complexity index is 1450. The Balaban J connectivity index is 0.00000267. The van der Waals surface area contributed by atoms with Crippen LogP contribution in [0.15, 0.2) is 53.6 Å². The summed E-state index contributed by atoms with van der Waals surface area (Å²) in [6.45, 7) is 11.5. The highest BCUT2D eigenvalue weighted by Crippen LogP contribution is 2.38. The number of hydrogen-bond donors (Lipinski definition) is 2. The molecule has 1 aromatic carbocycles. The van der Waals surface area contributed by atoms with E-state index in [0.717, 1.165) is 23.3 Å². The van der Waals surface area contributed by atoms with Crippen LogP contribution in [-0.2, 0) is 10.0 Å². The average Bonchev–Trinajstić information content (AvgIpc) is 3.09. The van der Waals surface area contributed by atoms with Crippen molar-refractivity contribution in [3.63, 3.8) is 0 Å². The summed E-state index contributed by atoms with van der Waals surface area (Å²) in [5.41, 5.74) is 8.05. The third kappa shape index (κ3) is 5.69. The zero-order chi connectivity index (χ0) is 27.0. The van der Waals surface area contributed by atoms with E-state index in [1.54, 1.807) is 12.1 Å². The third-order valence-electron chi connectivity index (χ3n) is 6.35. The van der Waals surface area contributed by atoms with Gasteiger partial charge in [-0.2, -0.15) is 8.42 Å². The number of hydrogen-bond acceptors (Lipinski definition) is 8. The van der Waals surface area contributed by atoms with Crippen LogP contribution in [0.4, 0.5) is 11.6 Å². The fraction of sp³-hybridized carbons (Fsp3) is 0.370. The number of ether oxygens (including phenoxy) is 1. The van der Waals surface area contributed by atoms with E-state index in [1.807, 2.05) is 32.0 Å². The number of nitrogen functional groups attached to an aromatic ring is 1. The molecule has 1 amide bonds. The van der Waals surface area contributed by atoms with Gasteiger partial charge in [-0.25, -0.2) is 14.7 Å². The van der Waals surface area contributed by atoms with E-state index < -0.39 is 15.9 Å². The lowest BCUT2D eigenvalue weighted by molar-refractivity contribution is 0.0981. The summed E-state index contributed by atoms with van der Waals surface area (Å²) in [4.78, 5) is 24.2. The fourth-order valence-corrected chi connectivity index (χ4v) is 5.85. The number of aromatic nitrogens is 2. The first-order valence-electron chi connectivity index (χ1n) is 12.2. The van der Waals surface area contributed by atoms with Gasteiger partial charge in [-0.05, 0) is 88.1 Å². The molecular formula is C27H37N5O4S. The minimum Gasteiger partial charge on any atom is -0.494 e. The predicted molar refractivity (Wildman–Crippen MR) is 148 cm³/mol. The number of anilines is 2. The summed E-state index contributed by atoms with van der Waals surface area (Å²) in [5, 5.41) is -0.328. The molecule has 1 atom stereocenters. The quantitative estimate of drug-likeness (QED) is 0.454. The summed E-state index contributed by atoms with van der Waals surface area (Å²) in [5.74, 6) is 0.797. The van der Waals surface area contributed by atoms with E-state index in [4.69, 9.17) is 15.5 Å². The summed E-state index contributed by atoms with van der Waals surface area (Å²) >= 11 is 0. The van der Waals surface area contributed by atoms with Gasteiger partial charge in [0.15, 0.2) is 5.03 Å². The number of pyridine rings is 2. The molecule has 3 N–H and O–H groups in total. The van der Waals surface area contributed by atoms with Crippen molar-refractivity contribution in [2.45, 2.75) is 51.6 Å². The first-order valence-corrected chi connectivity index (χ1v) is 13.7. The topological polar surface area (TPSA) is 128 Å². The Morgan fingerprint density at radius 1 is 1.22 bits per heavy atom. The van der Waals surface area contributed by atoms with Crippen molar-refractivity contribution in [3.05, 3.63) is 59.7 Å². The van der Waals surface area contributed by atoms with Crippen molar-refractivity contribution in [1.82, 2.24) is 14.7 Å². The highest BCUT2D eigenvalue weighted by atomic mass is 32.2. The minimum absolute atomic E-state index is 0. The molecule has 37 heavy (non-hydrogen) atoms. The minimum atomic E-state index is -4.24. The van der Waals surface area contributed by atoms with Crippen LogP contribution in [0.25, 0.3) is 11.3 Å². The van der Waals surface area contributed by atoms with Crippen LogP contribution in [-0.4, -0.2) is 43.0 Å². The van der Waals surface area contributed by atoms with Crippen molar-refractivity contribution in [2.24, 2.45) is 5.92 Å². The monoisotopic (exact) mass is 527 g/mol. The lowest BCUT2D eigenvalue weighted by Crippen LogP contribution is -2.41. The maximum absolute atomic E-state index is 13.4. The Kier molecular flexibility index (Phi) is 7.14. The number of amides is 1. The molecule has 0 unspecified atom stereocenters. The summed E-state index contributed by atoms with van der Waals surface area (Å²) in [6.07, 6.45) is 0.907. The summed E-state index contributed by atoms with van der Waals surface area (Å²) in [7, 11) is -4.24. The Morgan fingerprint density at radius 3 is 2.62 bits per heavy atom. The first kappa shape index (κ1) is 26.4. The molecular weight excluding hydrogens is 490 g/mol. The van der Waals surface area contributed by atoms with Crippen LogP contribution in [0, 0.1) is 12.8 Å². The first-order chi connectivity index (χ1) is 17.4. The summed E-state index contributed by atoms with van der Waals surface area (Å²) in [6, 6.07) is 13.4. The number of benzene rings is 1. The van der Waals surface area contributed by atoms with Gasteiger partial charge in [0.1, 0.15) is 17.4 Å². The lowest BCUT2D eigenvalue weighted by atomic mass is 9.97. The number of nitrogens with zero attached hydrogens (tertiary/aromatic N) is 3. The van der Waals surface area contributed by atoms with Gasteiger partial charge in [0, 0.05) is 20.5 Å². The molecule has 200 valence electrons. The highest BCUT2D eigenvalue weighted by molar-refractivity contribution is 7.90. The smallest absolute Gasteiger partial charge is 0.281 e. The molecule has 4 rings (SSSR count). The molecule has 0 spiro atoms. The third-order valence-corrected chi connectivity index (χ3v) is 7.59. The van der Waals surface area contributed by atoms with Gasteiger partial charge in [0.05, 0.1) is 17.9 Å². The van der Waals surface area contributed by atoms with Crippen LogP contribution in [0.2, 0.25) is 0 Å². The standard InChI is InChI=1S/C27H33N5O4S.2H2/c1-6-36-20-13-17(2)12-19(14-20)22-11-10-21(25(29-22)32-16-18(3)15-27(32,4)5)26(33)31-37(34,35)24-9-7-8-23(28)30-24;;/h7-14,18H,6,15-16H2,1-5H3,(H2,28,30)(H,31,33);2*1H/t18-;;/m0../s1. The molecule has 1 aliphatic rings. The zero-order valence-corrected chi connectivity index (χ0v) is 22.6. The van der Waals surface area contributed by atoms with Crippen LogP contribution in [0.1, 0.15) is 52.9 Å². The second-order valence-corrected chi connectivity index (χ2v) is 11.7. The molecule has 0 aliphatic carbocycles. The number of aryl methyl sites for hydroxylation is 1. The van der Waals surface area contributed by atoms with E-state index in [0.29, 0.717) is 30.6 Å². The van der Waals surface area contributed by atoms with Crippen molar-refractivity contribution in [2.75, 3.05) is 23.8 Å². The van der Waals surface area contributed by atoms with Gasteiger partial charge in [-0.15, -0.1) is 0 Å². The number of carbonyl (C=O) groups is 1. The largest absolute Gasteiger partial charge is 0.494 e. The molecule has 0 saturated carbocycles. The SMILES string of the molecule is CCOc1cc(C)cc(-c2ccc(C(=O)NS(=O)(=O)c3cccc(N)n3)c(N3C[C@@H](C)CC3(C)C)n2)c1.[HH].[HH]. The van der Waals surface area contributed by atoms with Crippen molar-refractivity contribution < 1.29 is 20.8 Å². The van der Waals surface area contributed by atoms with E-state index in [-0.39, 0.29) is 24.8 Å². The Labute approximate surface area is 221 Å². The molecule has 3 heterocycles. The molecule has 1 fully saturated rings. The van der Waals surface area contributed by atoms with Crippen molar-refractivity contribution in [3.8, 4) is 17.0 Å². The maximum atomic E-state index is 13.4. The number of nitrogens with one attached hydrogen (secondary N) is 1. The van der Waals surface area contributed by atoms with Gasteiger partial charge < -0.3 is 15.4 Å². The number of carbonyl (C=O) groups excluding carboxylic acids is 1. The predicted octanol–water partition coefficient (Wildman–Crippen LogP) is 4.67. The number of rotatable bonds is 7. The average molecular weight is 528 g/mol.